The molecular weight excluding hydrogens is 266 g/mol. The average Bonchev–Trinajstić information content (AvgIpc) is 2.86. The van der Waals surface area contributed by atoms with Gasteiger partial charge in [-0.15, -0.1) is 0 Å². The van der Waals surface area contributed by atoms with Gasteiger partial charge in [0.15, 0.2) is 0 Å². The van der Waals surface area contributed by atoms with E-state index in [1.807, 2.05) is 6.07 Å². The van der Waals surface area contributed by atoms with E-state index >= 15 is 0 Å². The molecule has 2 aromatic rings. The Labute approximate surface area is 103 Å². The lowest BCUT2D eigenvalue weighted by Crippen LogP contribution is -2.14. The molecule has 1 atom stereocenters. The molecule has 84 valence electrons. The normalized spacial score (nSPS) is 20.8. The number of aryl methyl sites for hydroxylation is 1. The first kappa shape index (κ1) is 10.3. The molecule has 4 heteroatoms. The monoisotopic (exact) mass is 279 g/mol. The summed E-state index contributed by atoms with van der Waals surface area (Å²) in [6.07, 6.45) is 4.52. The minimum absolute atomic E-state index is 0.443. The van der Waals surface area contributed by atoms with Crippen LogP contribution in [0.5, 0.6) is 0 Å². The second-order valence-electron chi connectivity index (χ2n) is 4.30. The van der Waals surface area contributed by atoms with Crippen LogP contribution in [0.3, 0.4) is 0 Å². The Morgan fingerprint density at radius 2 is 2.44 bits per heavy atom. The van der Waals surface area contributed by atoms with Crippen molar-refractivity contribution in [2.24, 2.45) is 0 Å². The van der Waals surface area contributed by atoms with Gasteiger partial charge < -0.3 is 9.72 Å². The molecular formula is C12H14BrN3. The van der Waals surface area contributed by atoms with Crippen molar-refractivity contribution >= 4 is 21.6 Å². The maximum absolute atomic E-state index is 4.73. The van der Waals surface area contributed by atoms with Gasteiger partial charge in [-0.2, -0.15) is 0 Å². The molecule has 3 nitrogen and oxygen atoms in total. The van der Waals surface area contributed by atoms with E-state index in [1.165, 1.54) is 24.2 Å². The molecule has 1 saturated heterocycles. The topological polar surface area (TPSA) is 29.3 Å². The van der Waals surface area contributed by atoms with Crippen molar-refractivity contribution in [1.29, 1.82) is 0 Å². The van der Waals surface area contributed by atoms with Gasteiger partial charge in [0.25, 0.3) is 0 Å². The van der Waals surface area contributed by atoms with Gasteiger partial charge in [0, 0.05) is 16.4 Å². The highest BCUT2D eigenvalue weighted by Gasteiger charge is 2.21. The zero-order chi connectivity index (χ0) is 11.1. The first-order valence-corrected chi connectivity index (χ1v) is 6.42. The van der Waals surface area contributed by atoms with Gasteiger partial charge in [-0.05, 0) is 38.4 Å². The molecule has 0 bridgehead atoms. The van der Waals surface area contributed by atoms with Gasteiger partial charge in [-0.3, -0.25) is 0 Å². The van der Waals surface area contributed by atoms with Crippen molar-refractivity contribution in [3.63, 3.8) is 0 Å². The van der Waals surface area contributed by atoms with E-state index in [-0.39, 0.29) is 0 Å². The molecule has 0 saturated carbocycles. The fraction of sp³-hybridized carbons (Fsp3) is 0.417. The van der Waals surface area contributed by atoms with E-state index < -0.39 is 0 Å². The third kappa shape index (κ3) is 1.57. The number of pyridine rings is 1. The van der Waals surface area contributed by atoms with Crippen LogP contribution in [0.15, 0.2) is 22.8 Å². The molecule has 1 fully saturated rings. The summed E-state index contributed by atoms with van der Waals surface area (Å²) in [4.78, 5) is 4.73. The minimum Gasteiger partial charge on any atom is -0.309 e. The van der Waals surface area contributed by atoms with E-state index in [9.17, 15) is 0 Å². The van der Waals surface area contributed by atoms with Crippen LogP contribution >= 0.6 is 15.9 Å². The van der Waals surface area contributed by atoms with Crippen LogP contribution in [0.4, 0.5) is 0 Å². The van der Waals surface area contributed by atoms with Crippen molar-refractivity contribution in [3.05, 3.63) is 34.2 Å². The average molecular weight is 280 g/mol. The Bertz CT molecular complexity index is 526. The third-order valence-electron chi connectivity index (χ3n) is 3.25. The molecule has 3 heterocycles. The number of nitrogens with zero attached hydrogens (tertiary/aromatic N) is 2. The summed E-state index contributed by atoms with van der Waals surface area (Å²) in [5.74, 6) is 0. The van der Waals surface area contributed by atoms with Crippen LogP contribution in [0.25, 0.3) is 5.65 Å². The molecule has 1 aliphatic heterocycles. The Morgan fingerprint density at radius 3 is 3.19 bits per heavy atom. The van der Waals surface area contributed by atoms with Gasteiger partial charge in [0.05, 0.1) is 11.7 Å². The number of halogens is 1. The highest BCUT2D eigenvalue weighted by molar-refractivity contribution is 9.10. The lowest BCUT2D eigenvalue weighted by Gasteiger charge is -2.07. The van der Waals surface area contributed by atoms with Crippen LogP contribution in [0.1, 0.15) is 30.3 Å². The van der Waals surface area contributed by atoms with E-state index in [0.717, 1.165) is 16.7 Å². The highest BCUT2D eigenvalue weighted by Crippen LogP contribution is 2.26. The van der Waals surface area contributed by atoms with Gasteiger partial charge >= 0.3 is 0 Å². The van der Waals surface area contributed by atoms with Crippen molar-refractivity contribution in [2.45, 2.75) is 25.8 Å². The van der Waals surface area contributed by atoms with Crippen LogP contribution < -0.4 is 5.32 Å². The first-order chi connectivity index (χ1) is 7.75. The summed E-state index contributed by atoms with van der Waals surface area (Å²) < 4.78 is 3.23. The predicted octanol–water partition coefficient (Wildman–Crippen LogP) is 2.83. The smallest absolute Gasteiger partial charge is 0.138 e. The van der Waals surface area contributed by atoms with E-state index in [0.29, 0.717) is 6.04 Å². The third-order valence-corrected chi connectivity index (χ3v) is 3.75. The number of hydrogen-bond donors (Lipinski definition) is 1. The fourth-order valence-corrected chi connectivity index (χ4v) is 2.73. The number of nitrogens with one attached hydrogen (secondary N) is 1. The van der Waals surface area contributed by atoms with Crippen LogP contribution in [-0.2, 0) is 0 Å². The Balaban J connectivity index is 2.14. The molecule has 0 radical (unpaired) electrons. The molecule has 0 aliphatic carbocycles. The number of fused-ring (bicyclic) bond motifs is 1. The van der Waals surface area contributed by atoms with Crippen LogP contribution in [-0.4, -0.2) is 15.9 Å². The zero-order valence-electron chi connectivity index (χ0n) is 9.20. The molecule has 0 spiro atoms. The Kier molecular flexibility index (Phi) is 2.48. The van der Waals surface area contributed by atoms with Crippen molar-refractivity contribution in [3.8, 4) is 0 Å². The number of rotatable bonds is 1. The zero-order valence-corrected chi connectivity index (χ0v) is 10.8. The minimum atomic E-state index is 0.443. The first-order valence-electron chi connectivity index (χ1n) is 5.63. The fourth-order valence-electron chi connectivity index (χ4n) is 2.41. The summed E-state index contributed by atoms with van der Waals surface area (Å²) >= 11 is 3.48. The number of imidazole rings is 1. The Morgan fingerprint density at radius 1 is 1.56 bits per heavy atom. The molecule has 1 unspecified atom stereocenters. The van der Waals surface area contributed by atoms with Gasteiger partial charge in [0.1, 0.15) is 5.65 Å². The molecule has 0 amide bonds. The van der Waals surface area contributed by atoms with Crippen LogP contribution in [0.2, 0.25) is 0 Å². The molecule has 16 heavy (non-hydrogen) atoms. The molecule has 2 aromatic heterocycles. The SMILES string of the molecule is Cc1c(C2CCCN2)nc2cc(Br)ccn12. The molecule has 0 aromatic carbocycles. The summed E-state index contributed by atoms with van der Waals surface area (Å²) in [5.41, 5.74) is 3.48. The maximum Gasteiger partial charge on any atom is 0.138 e. The van der Waals surface area contributed by atoms with Crippen molar-refractivity contribution in [1.82, 2.24) is 14.7 Å². The maximum atomic E-state index is 4.73. The van der Waals surface area contributed by atoms with E-state index in [1.54, 1.807) is 0 Å². The quantitative estimate of drug-likeness (QED) is 0.870. The lowest BCUT2D eigenvalue weighted by molar-refractivity contribution is 0.627. The van der Waals surface area contributed by atoms with Gasteiger partial charge in [0.2, 0.25) is 0 Å². The van der Waals surface area contributed by atoms with Gasteiger partial charge in [-0.25, -0.2) is 4.98 Å². The summed E-state index contributed by atoms with van der Waals surface area (Å²) in [6, 6.07) is 4.55. The molecule has 1 N–H and O–H groups in total. The highest BCUT2D eigenvalue weighted by atomic mass is 79.9. The number of aromatic nitrogens is 2. The van der Waals surface area contributed by atoms with Gasteiger partial charge in [-0.1, -0.05) is 15.9 Å². The Hall–Kier alpha value is -0.870. The number of hydrogen-bond acceptors (Lipinski definition) is 2. The molecule has 1 aliphatic rings. The van der Waals surface area contributed by atoms with E-state index in [4.69, 9.17) is 4.98 Å². The largest absolute Gasteiger partial charge is 0.309 e. The summed E-state index contributed by atoms with van der Waals surface area (Å²) in [7, 11) is 0. The van der Waals surface area contributed by atoms with E-state index in [2.05, 4.69) is 44.8 Å². The van der Waals surface area contributed by atoms with Crippen molar-refractivity contribution in [2.75, 3.05) is 6.54 Å². The molecule has 3 rings (SSSR count). The van der Waals surface area contributed by atoms with Crippen LogP contribution in [0, 0.1) is 6.92 Å². The van der Waals surface area contributed by atoms with Crippen molar-refractivity contribution < 1.29 is 0 Å². The summed E-state index contributed by atoms with van der Waals surface area (Å²) in [5, 5.41) is 3.50. The lowest BCUT2D eigenvalue weighted by atomic mass is 10.1. The summed E-state index contributed by atoms with van der Waals surface area (Å²) in [6.45, 7) is 3.25. The second-order valence-corrected chi connectivity index (χ2v) is 5.22. The predicted molar refractivity (Wildman–Crippen MR) is 67.6 cm³/mol. The standard InChI is InChI=1S/C12H14BrN3/c1-8-12(10-3-2-5-14-10)15-11-7-9(13)4-6-16(8)11/h4,6-7,10,14H,2-3,5H2,1H3. The second kappa shape index (κ2) is 3.86.